The van der Waals surface area contributed by atoms with E-state index in [0.717, 1.165) is 29.7 Å². The quantitative estimate of drug-likeness (QED) is 0.713. The zero-order valence-corrected chi connectivity index (χ0v) is 14.6. The molecule has 0 aliphatic heterocycles. The number of hydrogen-bond donors (Lipinski definition) is 1. The third kappa shape index (κ3) is 2.56. The van der Waals surface area contributed by atoms with Gasteiger partial charge in [-0.3, -0.25) is 0 Å². The molecule has 4 rings (SSSR count). The van der Waals surface area contributed by atoms with E-state index >= 15 is 0 Å². The third-order valence-corrected chi connectivity index (χ3v) is 4.82. The van der Waals surface area contributed by atoms with Gasteiger partial charge in [0.1, 0.15) is 17.3 Å². The van der Waals surface area contributed by atoms with E-state index in [-0.39, 0.29) is 0 Å². The number of carbonyl (C=O) groups excluding carboxylic acids is 1. The molecule has 0 saturated carbocycles. The number of benzene rings is 2. The summed E-state index contributed by atoms with van der Waals surface area (Å²) in [6, 6.07) is 12.6. The van der Waals surface area contributed by atoms with Gasteiger partial charge in [0.25, 0.3) is 0 Å². The first kappa shape index (κ1) is 16.4. The number of esters is 1. The summed E-state index contributed by atoms with van der Waals surface area (Å²) in [5.41, 5.74) is 5.79. The van der Waals surface area contributed by atoms with E-state index in [1.54, 1.807) is 6.07 Å². The van der Waals surface area contributed by atoms with E-state index in [9.17, 15) is 9.18 Å². The molecule has 1 aliphatic rings. The number of halogens is 1. The van der Waals surface area contributed by atoms with Gasteiger partial charge in [-0.25, -0.2) is 9.18 Å². The predicted octanol–water partition coefficient (Wildman–Crippen LogP) is 4.38. The van der Waals surface area contributed by atoms with Crippen LogP contribution in [-0.2, 0) is 17.6 Å². The van der Waals surface area contributed by atoms with Crippen molar-refractivity contribution in [2.45, 2.75) is 12.8 Å². The van der Waals surface area contributed by atoms with Crippen LogP contribution in [-0.4, -0.2) is 25.2 Å². The molecule has 1 aliphatic carbocycles. The predicted molar refractivity (Wildman–Crippen MR) is 96.9 cm³/mol. The fraction of sp³-hybridized carbons (Fsp3) is 0.190. The van der Waals surface area contributed by atoms with Gasteiger partial charge in [-0.2, -0.15) is 0 Å². The van der Waals surface area contributed by atoms with Crippen molar-refractivity contribution in [1.29, 1.82) is 0 Å². The molecule has 0 unspecified atom stereocenters. The molecule has 0 radical (unpaired) electrons. The number of H-pyrrole nitrogens is 1. The molecule has 1 N–H and O–H groups in total. The highest BCUT2D eigenvalue weighted by atomic mass is 19.1. The zero-order valence-electron chi connectivity index (χ0n) is 14.6. The minimum atomic E-state index is -0.477. The Labute approximate surface area is 150 Å². The Morgan fingerprint density at radius 2 is 1.92 bits per heavy atom. The average molecular weight is 351 g/mol. The molecule has 0 bridgehead atoms. The Hall–Kier alpha value is -3.08. The first-order valence-electron chi connectivity index (χ1n) is 8.38. The molecule has 1 heterocycles. The highest BCUT2D eigenvalue weighted by molar-refractivity contribution is 6.00. The van der Waals surface area contributed by atoms with Crippen LogP contribution in [0.5, 0.6) is 5.75 Å². The molecule has 0 saturated heterocycles. The SMILES string of the molecule is COC(=O)c1[nH]c2c(c1-c1cc(F)cc(OC)c1)CCc1ccccc1-2. The van der Waals surface area contributed by atoms with Crippen molar-refractivity contribution in [2.24, 2.45) is 0 Å². The van der Waals surface area contributed by atoms with Crippen LogP contribution in [0.4, 0.5) is 4.39 Å². The van der Waals surface area contributed by atoms with Crippen molar-refractivity contribution in [3.63, 3.8) is 0 Å². The molecule has 5 heteroatoms. The van der Waals surface area contributed by atoms with Crippen molar-refractivity contribution in [3.05, 3.63) is 65.1 Å². The third-order valence-electron chi connectivity index (χ3n) is 4.82. The van der Waals surface area contributed by atoms with Crippen LogP contribution in [0.25, 0.3) is 22.4 Å². The molecular weight excluding hydrogens is 333 g/mol. The van der Waals surface area contributed by atoms with E-state index in [1.807, 2.05) is 18.2 Å². The Morgan fingerprint density at radius 3 is 2.69 bits per heavy atom. The molecule has 4 nitrogen and oxygen atoms in total. The minimum Gasteiger partial charge on any atom is -0.497 e. The Balaban J connectivity index is 2.00. The van der Waals surface area contributed by atoms with Crippen molar-refractivity contribution < 1.29 is 18.7 Å². The highest BCUT2D eigenvalue weighted by Gasteiger charge is 2.28. The Kier molecular flexibility index (Phi) is 3.99. The van der Waals surface area contributed by atoms with Gasteiger partial charge >= 0.3 is 5.97 Å². The van der Waals surface area contributed by atoms with E-state index in [2.05, 4.69) is 11.1 Å². The smallest absolute Gasteiger partial charge is 0.355 e. The van der Waals surface area contributed by atoms with E-state index < -0.39 is 11.8 Å². The summed E-state index contributed by atoms with van der Waals surface area (Å²) in [6.45, 7) is 0. The van der Waals surface area contributed by atoms with Gasteiger partial charge in [0.05, 0.1) is 19.9 Å². The fourth-order valence-electron chi connectivity index (χ4n) is 3.66. The molecule has 26 heavy (non-hydrogen) atoms. The van der Waals surface area contributed by atoms with Gasteiger partial charge in [0.15, 0.2) is 0 Å². The molecule has 0 amide bonds. The first-order chi connectivity index (χ1) is 12.6. The van der Waals surface area contributed by atoms with Crippen LogP contribution in [0.3, 0.4) is 0 Å². The monoisotopic (exact) mass is 351 g/mol. The van der Waals surface area contributed by atoms with Crippen LogP contribution in [0, 0.1) is 5.82 Å². The zero-order chi connectivity index (χ0) is 18.3. The second kappa shape index (κ2) is 6.33. The maximum absolute atomic E-state index is 14.1. The van der Waals surface area contributed by atoms with E-state index in [1.165, 1.54) is 31.9 Å². The number of carbonyl (C=O) groups is 1. The number of nitrogens with one attached hydrogen (secondary N) is 1. The largest absolute Gasteiger partial charge is 0.497 e. The summed E-state index contributed by atoms with van der Waals surface area (Å²) in [5.74, 6) is -0.488. The lowest BCUT2D eigenvalue weighted by atomic mass is 9.86. The van der Waals surface area contributed by atoms with Gasteiger partial charge in [-0.05, 0) is 41.7 Å². The molecule has 0 atom stereocenters. The first-order valence-corrected chi connectivity index (χ1v) is 8.38. The van der Waals surface area contributed by atoms with Crippen molar-refractivity contribution in [3.8, 4) is 28.1 Å². The molecule has 1 aromatic heterocycles. The van der Waals surface area contributed by atoms with Crippen LogP contribution >= 0.6 is 0 Å². The standard InChI is InChI=1S/C21H18FNO3/c1-25-15-10-13(9-14(22)11-15)18-17-8-7-12-5-3-4-6-16(12)19(17)23-20(18)21(24)26-2/h3-6,9-11,23H,7-8H2,1-2H3. The maximum Gasteiger partial charge on any atom is 0.355 e. The summed E-state index contributed by atoms with van der Waals surface area (Å²) in [7, 11) is 2.83. The highest BCUT2D eigenvalue weighted by Crippen LogP contribution is 2.41. The lowest BCUT2D eigenvalue weighted by Gasteiger charge is -2.17. The molecule has 0 spiro atoms. The molecule has 3 aromatic rings. The number of aromatic nitrogens is 1. The number of fused-ring (bicyclic) bond motifs is 3. The normalized spacial score (nSPS) is 12.3. The summed E-state index contributed by atoms with van der Waals surface area (Å²) in [4.78, 5) is 15.6. The number of aromatic amines is 1. The fourth-order valence-corrected chi connectivity index (χ4v) is 3.66. The Bertz CT molecular complexity index is 1010. The van der Waals surface area contributed by atoms with Crippen molar-refractivity contribution in [1.82, 2.24) is 4.98 Å². The van der Waals surface area contributed by atoms with Crippen LogP contribution in [0.2, 0.25) is 0 Å². The second-order valence-electron chi connectivity index (χ2n) is 6.26. The number of rotatable bonds is 3. The van der Waals surface area contributed by atoms with E-state index in [0.29, 0.717) is 22.6 Å². The van der Waals surface area contributed by atoms with Crippen molar-refractivity contribution >= 4 is 5.97 Å². The number of ether oxygens (including phenoxy) is 2. The number of hydrogen-bond acceptors (Lipinski definition) is 3. The van der Waals surface area contributed by atoms with Gasteiger partial charge in [-0.15, -0.1) is 0 Å². The van der Waals surface area contributed by atoms with Gasteiger partial charge in [-0.1, -0.05) is 24.3 Å². The molecule has 132 valence electrons. The average Bonchev–Trinajstić information content (AvgIpc) is 3.06. The van der Waals surface area contributed by atoms with Crippen LogP contribution in [0.1, 0.15) is 21.6 Å². The van der Waals surface area contributed by atoms with Crippen LogP contribution < -0.4 is 4.74 Å². The van der Waals surface area contributed by atoms with Crippen LogP contribution in [0.15, 0.2) is 42.5 Å². The maximum atomic E-state index is 14.1. The van der Waals surface area contributed by atoms with Gasteiger partial charge < -0.3 is 14.5 Å². The van der Waals surface area contributed by atoms with Gasteiger partial charge in [0.2, 0.25) is 0 Å². The van der Waals surface area contributed by atoms with Crippen molar-refractivity contribution in [2.75, 3.05) is 14.2 Å². The second-order valence-corrected chi connectivity index (χ2v) is 6.26. The van der Waals surface area contributed by atoms with E-state index in [4.69, 9.17) is 9.47 Å². The lowest BCUT2D eigenvalue weighted by Crippen LogP contribution is -2.04. The number of methoxy groups -OCH3 is 2. The Morgan fingerprint density at radius 1 is 1.12 bits per heavy atom. The lowest BCUT2D eigenvalue weighted by molar-refractivity contribution is 0.0596. The minimum absolute atomic E-state index is 0.335. The van der Waals surface area contributed by atoms with Gasteiger partial charge in [0, 0.05) is 17.2 Å². The summed E-state index contributed by atoms with van der Waals surface area (Å²) >= 11 is 0. The summed E-state index contributed by atoms with van der Waals surface area (Å²) in [6.07, 6.45) is 1.62. The molecular formula is C21H18FNO3. The summed E-state index contributed by atoms with van der Waals surface area (Å²) < 4.78 is 24.2. The molecule has 0 fully saturated rings. The topological polar surface area (TPSA) is 51.3 Å². The molecule has 2 aromatic carbocycles. The summed E-state index contributed by atoms with van der Waals surface area (Å²) in [5, 5.41) is 0. The number of aryl methyl sites for hydroxylation is 1.